The number of aliphatic hydroxyl groups is 2. The smallest absolute Gasteiger partial charge is 0.394 e. The van der Waals surface area contributed by atoms with Crippen molar-refractivity contribution in [3.05, 3.63) is 0 Å². The molecule has 0 bridgehead atoms. The first-order valence-corrected chi connectivity index (χ1v) is 12.9. The second-order valence-corrected chi connectivity index (χ2v) is 10.0. The summed E-state index contributed by atoms with van der Waals surface area (Å²) in [7, 11) is -2.68. The summed E-state index contributed by atoms with van der Waals surface area (Å²) < 4.78 is 45.0. The molecule has 0 aliphatic heterocycles. The van der Waals surface area contributed by atoms with Crippen molar-refractivity contribution in [3.63, 3.8) is 0 Å². The van der Waals surface area contributed by atoms with Gasteiger partial charge < -0.3 is 47.2 Å². The van der Waals surface area contributed by atoms with Gasteiger partial charge in [0, 0.05) is 18.8 Å². The number of ether oxygens (including phenoxy) is 5. The molecule has 0 radical (unpaired) electrons. The maximum Gasteiger partial charge on any atom is 0.503 e. The number of hydrogen-bond acceptors (Lipinski definition) is 10. The Hall–Kier alpha value is -0.183. The molecule has 0 saturated carbocycles. The number of rotatable bonds is 24. The predicted octanol–water partition coefficient (Wildman–Crippen LogP) is 0.861. The van der Waals surface area contributed by atoms with Gasteiger partial charge in [-0.25, -0.2) is 0 Å². The maximum atomic E-state index is 8.83. The summed E-state index contributed by atoms with van der Waals surface area (Å²) in [5, 5.41) is 17.5. The lowest BCUT2D eigenvalue weighted by atomic mass is 10.4. The summed E-state index contributed by atoms with van der Waals surface area (Å²) in [6.07, 6.45) is -0.275. The van der Waals surface area contributed by atoms with Gasteiger partial charge in [-0.05, 0) is 13.8 Å². The topological polar surface area (TPSA) is 114 Å². The number of aliphatic hydroxyl groups excluding tert-OH is 2. The second-order valence-electron chi connectivity index (χ2n) is 6.79. The summed E-state index contributed by atoms with van der Waals surface area (Å²) in [4.78, 5) is 0. The lowest BCUT2D eigenvalue weighted by Crippen LogP contribution is -2.49. The molecular weight excluding hydrogens is 428 g/mol. The van der Waals surface area contributed by atoms with Crippen LogP contribution in [0.4, 0.5) is 0 Å². The van der Waals surface area contributed by atoms with E-state index in [1.165, 1.54) is 0 Å². The van der Waals surface area contributed by atoms with Crippen LogP contribution in [-0.4, -0.2) is 118 Å². The van der Waals surface area contributed by atoms with E-state index in [1.807, 2.05) is 27.7 Å². The molecular formula is C20H44O10Si. The molecule has 0 heterocycles. The Bertz CT molecular complexity index is 370. The highest BCUT2D eigenvalue weighted by Crippen LogP contribution is 2.24. The SMILES string of the molecule is CCO[Si](OCC)(OCCOCCOCC(COCCO)OCCOCCO)C(C)C. The van der Waals surface area contributed by atoms with Gasteiger partial charge in [0.25, 0.3) is 0 Å². The van der Waals surface area contributed by atoms with Crippen LogP contribution in [-0.2, 0) is 37.0 Å². The first-order valence-electron chi connectivity index (χ1n) is 11.1. The Morgan fingerprint density at radius 2 is 1.10 bits per heavy atom. The third kappa shape index (κ3) is 16.1. The van der Waals surface area contributed by atoms with Gasteiger partial charge in [-0.15, -0.1) is 0 Å². The molecule has 2 N–H and O–H groups in total. The van der Waals surface area contributed by atoms with Crippen LogP contribution in [0.5, 0.6) is 0 Å². The molecule has 31 heavy (non-hydrogen) atoms. The molecule has 0 rings (SSSR count). The average Bonchev–Trinajstić information content (AvgIpc) is 2.75. The molecule has 1 unspecified atom stereocenters. The van der Waals surface area contributed by atoms with Gasteiger partial charge in [0.15, 0.2) is 0 Å². The van der Waals surface area contributed by atoms with Gasteiger partial charge in [-0.3, -0.25) is 0 Å². The van der Waals surface area contributed by atoms with Crippen molar-refractivity contribution in [2.45, 2.75) is 39.3 Å². The van der Waals surface area contributed by atoms with Crippen LogP contribution in [0.15, 0.2) is 0 Å². The lowest BCUT2D eigenvalue weighted by Gasteiger charge is -2.32. The van der Waals surface area contributed by atoms with Gasteiger partial charge in [-0.2, -0.15) is 0 Å². The zero-order valence-corrected chi connectivity index (χ0v) is 20.7. The van der Waals surface area contributed by atoms with Gasteiger partial charge in [-0.1, -0.05) is 13.8 Å². The van der Waals surface area contributed by atoms with E-state index in [1.54, 1.807) is 0 Å². The summed E-state index contributed by atoms with van der Waals surface area (Å²) in [5.74, 6) is 0. The normalized spacial score (nSPS) is 13.3. The van der Waals surface area contributed by atoms with E-state index >= 15 is 0 Å². The molecule has 0 aromatic heterocycles. The van der Waals surface area contributed by atoms with Crippen LogP contribution < -0.4 is 0 Å². The highest BCUT2D eigenvalue weighted by atomic mass is 28.4. The van der Waals surface area contributed by atoms with Crippen LogP contribution in [0.3, 0.4) is 0 Å². The molecule has 0 saturated heterocycles. The van der Waals surface area contributed by atoms with Gasteiger partial charge >= 0.3 is 8.80 Å². The standard InChI is InChI=1S/C20H44O10Si/c1-5-28-31(19(3)4,29-6-2)30-16-14-24-11-12-26-18-20(17-25-10-8-22)27-15-13-23-9-7-21/h19-22H,5-18H2,1-4H3. The van der Waals surface area contributed by atoms with Crippen molar-refractivity contribution in [1.82, 2.24) is 0 Å². The molecule has 0 aromatic rings. The minimum atomic E-state index is -2.68. The van der Waals surface area contributed by atoms with Crippen LogP contribution in [0, 0.1) is 0 Å². The minimum Gasteiger partial charge on any atom is -0.394 e. The van der Waals surface area contributed by atoms with Crippen LogP contribution >= 0.6 is 0 Å². The van der Waals surface area contributed by atoms with Crippen LogP contribution in [0.1, 0.15) is 27.7 Å². The number of hydrogen-bond donors (Lipinski definition) is 2. The monoisotopic (exact) mass is 472 g/mol. The Morgan fingerprint density at radius 3 is 1.68 bits per heavy atom. The van der Waals surface area contributed by atoms with E-state index in [9.17, 15) is 0 Å². The van der Waals surface area contributed by atoms with E-state index in [0.29, 0.717) is 66.1 Å². The van der Waals surface area contributed by atoms with E-state index in [2.05, 4.69) is 0 Å². The van der Waals surface area contributed by atoms with E-state index in [0.717, 1.165) is 0 Å². The molecule has 188 valence electrons. The van der Waals surface area contributed by atoms with Crippen molar-refractivity contribution in [1.29, 1.82) is 0 Å². The molecule has 1 atom stereocenters. The van der Waals surface area contributed by atoms with Crippen molar-refractivity contribution < 1.29 is 47.2 Å². The quantitative estimate of drug-likeness (QED) is 0.155. The summed E-state index contributed by atoms with van der Waals surface area (Å²) in [6, 6.07) is 0. The lowest BCUT2D eigenvalue weighted by molar-refractivity contribution is -0.0827. The molecule has 0 amide bonds. The first-order chi connectivity index (χ1) is 15.1. The Morgan fingerprint density at radius 1 is 0.613 bits per heavy atom. The summed E-state index contributed by atoms with van der Waals surface area (Å²) >= 11 is 0. The fourth-order valence-corrected chi connectivity index (χ4v) is 4.99. The average molecular weight is 473 g/mol. The summed E-state index contributed by atoms with van der Waals surface area (Å²) in [5.41, 5.74) is 0.176. The maximum absolute atomic E-state index is 8.83. The largest absolute Gasteiger partial charge is 0.503 e. The molecule has 0 spiro atoms. The third-order valence-corrected chi connectivity index (χ3v) is 7.36. The van der Waals surface area contributed by atoms with E-state index < -0.39 is 8.80 Å². The Kier molecular flexibility index (Phi) is 21.5. The van der Waals surface area contributed by atoms with Gasteiger partial charge in [0.1, 0.15) is 6.10 Å². The highest BCUT2D eigenvalue weighted by molar-refractivity contribution is 6.62. The van der Waals surface area contributed by atoms with Gasteiger partial charge in [0.05, 0.1) is 79.3 Å². The minimum absolute atomic E-state index is 0.0188. The van der Waals surface area contributed by atoms with Crippen molar-refractivity contribution in [2.24, 2.45) is 0 Å². The van der Waals surface area contributed by atoms with Crippen molar-refractivity contribution in [2.75, 3.05) is 92.5 Å². The predicted molar refractivity (Wildman–Crippen MR) is 117 cm³/mol. The molecule has 0 aromatic carbocycles. The molecule has 10 nitrogen and oxygen atoms in total. The molecule has 0 aliphatic rings. The first kappa shape index (κ1) is 30.8. The zero-order chi connectivity index (χ0) is 23.2. The second kappa shape index (κ2) is 21.7. The molecule has 0 fully saturated rings. The van der Waals surface area contributed by atoms with E-state index in [-0.39, 0.29) is 38.1 Å². The Balaban J connectivity index is 4.01. The van der Waals surface area contributed by atoms with Crippen molar-refractivity contribution in [3.8, 4) is 0 Å². The highest BCUT2D eigenvalue weighted by Gasteiger charge is 2.44. The molecule has 11 heteroatoms. The summed E-state index contributed by atoms with van der Waals surface area (Å²) in [6.45, 7) is 12.6. The van der Waals surface area contributed by atoms with E-state index in [4.69, 9.17) is 47.2 Å². The van der Waals surface area contributed by atoms with Crippen LogP contribution in [0.25, 0.3) is 0 Å². The van der Waals surface area contributed by atoms with Crippen LogP contribution in [0.2, 0.25) is 5.54 Å². The zero-order valence-electron chi connectivity index (χ0n) is 19.7. The van der Waals surface area contributed by atoms with Crippen molar-refractivity contribution >= 4 is 8.80 Å². The fraction of sp³-hybridized carbons (Fsp3) is 1.00. The fourth-order valence-electron chi connectivity index (χ4n) is 2.57. The van der Waals surface area contributed by atoms with Gasteiger partial charge in [0.2, 0.25) is 0 Å². The third-order valence-electron chi connectivity index (χ3n) is 3.96. The Labute approximate surface area is 188 Å². The molecule has 0 aliphatic carbocycles.